The zero-order valence-electron chi connectivity index (χ0n) is 12.6. The summed E-state index contributed by atoms with van der Waals surface area (Å²) >= 11 is 0. The summed E-state index contributed by atoms with van der Waals surface area (Å²) in [5.41, 5.74) is 6.49. The van der Waals surface area contributed by atoms with Gasteiger partial charge in [0.15, 0.2) is 11.5 Å². The van der Waals surface area contributed by atoms with Crippen LogP contribution in [0.15, 0.2) is 18.2 Å². The first kappa shape index (κ1) is 16.3. The lowest BCUT2D eigenvalue weighted by atomic mass is 10.0. The molecule has 0 saturated heterocycles. The quantitative estimate of drug-likeness (QED) is 0.804. The number of anilines is 1. The summed E-state index contributed by atoms with van der Waals surface area (Å²) < 4.78 is 10.7. The topological polar surface area (TPSA) is 73.6 Å². The van der Waals surface area contributed by atoms with E-state index in [2.05, 4.69) is 5.32 Å². The molecule has 0 spiro atoms. The van der Waals surface area contributed by atoms with Crippen LogP contribution in [0.2, 0.25) is 0 Å². The van der Waals surface area contributed by atoms with Crippen molar-refractivity contribution in [1.29, 1.82) is 0 Å². The Morgan fingerprint density at radius 3 is 2.60 bits per heavy atom. The SMILES string of the molecule is CCOc1ccc(NC(=O)[C@H](N)CC(C)C)cc1OC. The molecule has 0 aliphatic carbocycles. The molecule has 1 aromatic rings. The van der Waals surface area contributed by atoms with Crippen molar-refractivity contribution in [2.45, 2.75) is 33.2 Å². The lowest BCUT2D eigenvalue weighted by molar-refractivity contribution is -0.117. The molecule has 0 fully saturated rings. The van der Waals surface area contributed by atoms with Crippen molar-refractivity contribution < 1.29 is 14.3 Å². The maximum absolute atomic E-state index is 12.0. The Morgan fingerprint density at radius 2 is 2.05 bits per heavy atom. The Labute approximate surface area is 120 Å². The van der Waals surface area contributed by atoms with Crippen LogP contribution in [0.25, 0.3) is 0 Å². The summed E-state index contributed by atoms with van der Waals surface area (Å²) in [6.07, 6.45) is 0.653. The van der Waals surface area contributed by atoms with Crippen LogP contribution in [-0.4, -0.2) is 25.7 Å². The van der Waals surface area contributed by atoms with Crippen LogP contribution in [0.4, 0.5) is 5.69 Å². The molecule has 0 aliphatic heterocycles. The number of carbonyl (C=O) groups is 1. The zero-order valence-corrected chi connectivity index (χ0v) is 12.6. The molecule has 5 heteroatoms. The Balaban J connectivity index is 2.75. The number of nitrogens with two attached hydrogens (primary N) is 1. The molecule has 1 amide bonds. The van der Waals surface area contributed by atoms with Crippen molar-refractivity contribution in [2.24, 2.45) is 11.7 Å². The molecular formula is C15H24N2O3. The molecule has 1 rings (SSSR count). The molecule has 3 N–H and O–H groups in total. The van der Waals surface area contributed by atoms with E-state index in [-0.39, 0.29) is 5.91 Å². The highest BCUT2D eigenvalue weighted by Gasteiger charge is 2.15. The second kappa shape index (κ2) is 7.75. The number of rotatable bonds is 7. The van der Waals surface area contributed by atoms with E-state index in [1.54, 1.807) is 25.3 Å². The summed E-state index contributed by atoms with van der Waals surface area (Å²) in [4.78, 5) is 12.0. The standard InChI is InChI=1S/C15H24N2O3/c1-5-20-13-7-6-11(9-14(13)19-4)17-15(18)12(16)8-10(2)3/h6-7,9-10,12H,5,8,16H2,1-4H3,(H,17,18)/t12-/m1/s1. The lowest BCUT2D eigenvalue weighted by Gasteiger charge is -2.15. The summed E-state index contributed by atoms with van der Waals surface area (Å²) in [5, 5.41) is 2.79. The third-order valence-electron chi connectivity index (χ3n) is 2.79. The van der Waals surface area contributed by atoms with Gasteiger partial charge in [0.05, 0.1) is 19.8 Å². The van der Waals surface area contributed by atoms with Gasteiger partial charge in [-0.1, -0.05) is 13.8 Å². The highest BCUT2D eigenvalue weighted by atomic mass is 16.5. The molecule has 0 unspecified atom stereocenters. The molecular weight excluding hydrogens is 256 g/mol. The molecule has 1 aromatic carbocycles. The minimum Gasteiger partial charge on any atom is -0.493 e. The molecule has 0 heterocycles. The van der Waals surface area contributed by atoms with Gasteiger partial charge < -0.3 is 20.5 Å². The number of nitrogens with one attached hydrogen (secondary N) is 1. The Bertz CT molecular complexity index is 447. The van der Waals surface area contributed by atoms with Gasteiger partial charge >= 0.3 is 0 Å². The van der Waals surface area contributed by atoms with Crippen molar-refractivity contribution in [1.82, 2.24) is 0 Å². The van der Waals surface area contributed by atoms with E-state index < -0.39 is 6.04 Å². The van der Waals surface area contributed by atoms with E-state index in [1.165, 1.54) is 0 Å². The number of benzene rings is 1. The van der Waals surface area contributed by atoms with Crippen molar-refractivity contribution >= 4 is 11.6 Å². The van der Waals surface area contributed by atoms with Gasteiger partial charge in [0.1, 0.15) is 0 Å². The number of carbonyl (C=O) groups excluding carboxylic acids is 1. The van der Waals surface area contributed by atoms with Gasteiger partial charge in [0, 0.05) is 11.8 Å². The third-order valence-corrected chi connectivity index (χ3v) is 2.79. The number of amides is 1. The highest BCUT2D eigenvalue weighted by molar-refractivity contribution is 5.94. The van der Waals surface area contributed by atoms with Crippen molar-refractivity contribution in [3.05, 3.63) is 18.2 Å². The van der Waals surface area contributed by atoms with Gasteiger partial charge in [-0.2, -0.15) is 0 Å². The predicted octanol–water partition coefficient (Wildman–Crippen LogP) is 2.41. The second-order valence-electron chi connectivity index (χ2n) is 5.02. The van der Waals surface area contributed by atoms with E-state index in [4.69, 9.17) is 15.2 Å². The number of hydrogen-bond acceptors (Lipinski definition) is 4. The Hall–Kier alpha value is -1.75. The Kier molecular flexibility index (Phi) is 6.31. The normalized spacial score (nSPS) is 12.1. The molecule has 1 atom stereocenters. The van der Waals surface area contributed by atoms with Crippen LogP contribution in [-0.2, 0) is 4.79 Å². The molecule has 112 valence electrons. The monoisotopic (exact) mass is 280 g/mol. The highest BCUT2D eigenvalue weighted by Crippen LogP contribution is 2.30. The number of hydrogen-bond donors (Lipinski definition) is 2. The summed E-state index contributed by atoms with van der Waals surface area (Å²) in [5.74, 6) is 1.43. The molecule has 0 saturated carbocycles. The lowest BCUT2D eigenvalue weighted by Crippen LogP contribution is -2.36. The average molecular weight is 280 g/mol. The van der Waals surface area contributed by atoms with Gasteiger partial charge in [0.25, 0.3) is 0 Å². The maximum atomic E-state index is 12.0. The molecule has 0 aromatic heterocycles. The molecule has 5 nitrogen and oxygen atoms in total. The van der Waals surface area contributed by atoms with E-state index in [9.17, 15) is 4.79 Å². The van der Waals surface area contributed by atoms with Crippen molar-refractivity contribution in [2.75, 3.05) is 19.0 Å². The maximum Gasteiger partial charge on any atom is 0.241 e. The van der Waals surface area contributed by atoms with Crippen molar-refractivity contribution in [3.63, 3.8) is 0 Å². The minimum atomic E-state index is -0.507. The zero-order chi connectivity index (χ0) is 15.1. The fourth-order valence-corrected chi connectivity index (χ4v) is 1.87. The van der Waals surface area contributed by atoms with Crippen LogP contribution in [0.5, 0.6) is 11.5 Å². The van der Waals surface area contributed by atoms with E-state index in [0.717, 1.165) is 0 Å². The smallest absolute Gasteiger partial charge is 0.241 e. The average Bonchev–Trinajstić information content (AvgIpc) is 2.39. The molecule has 0 radical (unpaired) electrons. The largest absolute Gasteiger partial charge is 0.493 e. The van der Waals surface area contributed by atoms with E-state index in [1.807, 2.05) is 20.8 Å². The molecule has 20 heavy (non-hydrogen) atoms. The second-order valence-corrected chi connectivity index (χ2v) is 5.02. The van der Waals surface area contributed by atoms with E-state index in [0.29, 0.717) is 36.1 Å². The first-order chi connectivity index (χ1) is 9.47. The fourth-order valence-electron chi connectivity index (χ4n) is 1.87. The summed E-state index contributed by atoms with van der Waals surface area (Å²) in [6, 6.07) is 4.76. The van der Waals surface area contributed by atoms with Crippen LogP contribution >= 0.6 is 0 Å². The first-order valence-corrected chi connectivity index (χ1v) is 6.85. The van der Waals surface area contributed by atoms with Crippen LogP contribution < -0.4 is 20.5 Å². The van der Waals surface area contributed by atoms with Gasteiger partial charge in [-0.3, -0.25) is 4.79 Å². The number of ether oxygens (including phenoxy) is 2. The summed E-state index contributed by atoms with van der Waals surface area (Å²) in [7, 11) is 1.56. The first-order valence-electron chi connectivity index (χ1n) is 6.85. The summed E-state index contributed by atoms with van der Waals surface area (Å²) in [6.45, 7) is 6.53. The van der Waals surface area contributed by atoms with Gasteiger partial charge in [-0.05, 0) is 31.4 Å². The predicted molar refractivity (Wildman–Crippen MR) is 80.2 cm³/mol. The van der Waals surface area contributed by atoms with Gasteiger partial charge in [0.2, 0.25) is 5.91 Å². The van der Waals surface area contributed by atoms with Crippen LogP contribution in [0.3, 0.4) is 0 Å². The van der Waals surface area contributed by atoms with E-state index >= 15 is 0 Å². The fraction of sp³-hybridized carbons (Fsp3) is 0.533. The number of methoxy groups -OCH3 is 1. The van der Waals surface area contributed by atoms with Crippen LogP contribution in [0.1, 0.15) is 27.2 Å². The van der Waals surface area contributed by atoms with Gasteiger partial charge in [-0.15, -0.1) is 0 Å². The third kappa shape index (κ3) is 4.74. The van der Waals surface area contributed by atoms with Crippen LogP contribution in [0, 0.1) is 5.92 Å². The van der Waals surface area contributed by atoms with Crippen molar-refractivity contribution in [3.8, 4) is 11.5 Å². The van der Waals surface area contributed by atoms with Gasteiger partial charge in [-0.25, -0.2) is 0 Å². The Morgan fingerprint density at radius 1 is 1.35 bits per heavy atom. The molecule has 0 aliphatic rings. The minimum absolute atomic E-state index is 0.190. The molecule has 0 bridgehead atoms.